The molecule has 5 nitrogen and oxygen atoms in total. The average Bonchev–Trinajstić information content (AvgIpc) is 2.88. The van der Waals surface area contributed by atoms with Gasteiger partial charge in [0.25, 0.3) is 5.91 Å². The molecule has 2 aromatic rings. The number of nitrogens with one attached hydrogen (secondary N) is 1. The lowest BCUT2D eigenvalue weighted by molar-refractivity contribution is -0.121. The first kappa shape index (κ1) is 18.4. The number of carbonyl (C=O) groups excluding carboxylic acids is 1. The lowest BCUT2D eigenvalue weighted by Crippen LogP contribution is -2.25. The third-order valence-corrected chi connectivity index (χ3v) is 4.79. The minimum Gasteiger partial charge on any atom is -0.493 e. The molecule has 1 aliphatic rings. The van der Waals surface area contributed by atoms with Crippen molar-refractivity contribution in [2.75, 3.05) is 14.2 Å². The summed E-state index contributed by atoms with van der Waals surface area (Å²) in [7, 11) is 3.22. The van der Waals surface area contributed by atoms with Gasteiger partial charge in [-0.3, -0.25) is 9.69 Å². The molecule has 0 aromatic heterocycles. The van der Waals surface area contributed by atoms with Crippen LogP contribution in [-0.4, -0.2) is 30.1 Å². The SMILES string of the molecule is COc1cc(C=C2NC(=S)N(C)C2=O)ccc1OCc1ccc(Br)cc1. The summed E-state index contributed by atoms with van der Waals surface area (Å²) in [4.78, 5) is 13.5. The number of halogens is 1. The van der Waals surface area contributed by atoms with E-state index >= 15 is 0 Å². The standard InChI is InChI=1S/C19H17BrN2O3S/c1-22-18(23)15(21-19(22)26)9-13-5-8-16(17(10-13)24-2)25-11-12-3-6-14(20)7-4-12/h3-10H,11H2,1-2H3,(H,21,26). The number of nitrogens with zero attached hydrogens (tertiary/aromatic N) is 1. The number of hydrogen-bond acceptors (Lipinski definition) is 4. The molecule has 1 amide bonds. The van der Waals surface area contributed by atoms with E-state index in [0.717, 1.165) is 15.6 Å². The molecule has 1 saturated heterocycles. The Bertz CT molecular complexity index is 881. The fourth-order valence-electron chi connectivity index (χ4n) is 2.42. The number of rotatable bonds is 5. The Kier molecular flexibility index (Phi) is 5.58. The molecule has 0 aliphatic carbocycles. The highest BCUT2D eigenvalue weighted by molar-refractivity contribution is 9.10. The molecule has 0 bridgehead atoms. The van der Waals surface area contributed by atoms with E-state index in [4.69, 9.17) is 21.7 Å². The first-order chi connectivity index (χ1) is 12.5. The Balaban J connectivity index is 1.76. The van der Waals surface area contributed by atoms with Crippen molar-refractivity contribution in [1.82, 2.24) is 10.2 Å². The van der Waals surface area contributed by atoms with Crippen molar-refractivity contribution in [3.05, 3.63) is 63.8 Å². The summed E-state index contributed by atoms with van der Waals surface area (Å²) >= 11 is 8.49. The van der Waals surface area contributed by atoms with Crippen molar-refractivity contribution < 1.29 is 14.3 Å². The van der Waals surface area contributed by atoms with Gasteiger partial charge in [-0.2, -0.15) is 0 Å². The van der Waals surface area contributed by atoms with E-state index in [-0.39, 0.29) is 5.91 Å². The molecule has 0 radical (unpaired) electrons. The summed E-state index contributed by atoms with van der Waals surface area (Å²) < 4.78 is 12.3. The van der Waals surface area contributed by atoms with Gasteiger partial charge in [-0.05, 0) is 53.7 Å². The molecular formula is C19H17BrN2O3S. The molecule has 1 heterocycles. The summed E-state index contributed by atoms with van der Waals surface area (Å²) in [6.45, 7) is 0.434. The molecule has 1 fully saturated rings. The Morgan fingerprint density at radius 3 is 2.54 bits per heavy atom. The van der Waals surface area contributed by atoms with Crippen molar-refractivity contribution >= 4 is 45.2 Å². The molecule has 3 rings (SSSR count). The summed E-state index contributed by atoms with van der Waals surface area (Å²) in [5.41, 5.74) is 2.30. The lowest BCUT2D eigenvalue weighted by atomic mass is 10.1. The molecule has 0 unspecified atom stereocenters. The van der Waals surface area contributed by atoms with Gasteiger partial charge in [-0.25, -0.2) is 0 Å². The predicted octanol–water partition coefficient (Wildman–Crippen LogP) is 3.72. The third-order valence-electron chi connectivity index (χ3n) is 3.89. The van der Waals surface area contributed by atoms with Crippen LogP contribution < -0.4 is 14.8 Å². The van der Waals surface area contributed by atoms with E-state index in [9.17, 15) is 4.79 Å². The highest BCUT2D eigenvalue weighted by atomic mass is 79.9. The second-order valence-corrected chi connectivity index (χ2v) is 6.98. The zero-order valence-corrected chi connectivity index (χ0v) is 16.7. The Hall–Kier alpha value is -2.38. The van der Waals surface area contributed by atoms with E-state index in [2.05, 4.69) is 21.2 Å². The van der Waals surface area contributed by atoms with Gasteiger partial charge in [0, 0.05) is 11.5 Å². The van der Waals surface area contributed by atoms with E-state index < -0.39 is 0 Å². The highest BCUT2D eigenvalue weighted by Gasteiger charge is 2.26. The maximum absolute atomic E-state index is 12.1. The van der Waals surface area contributed by atoms with Crippen LogP contribution in [0.5, 0.6) is 11.5 Å². The number of methoxy groups -OCH3 is 1. The van der Waals surface area contributed by atoms with Crippen molar-refractivity contribution in [2.45, 2.75) is 6.61 Å². The molecule has 26 heavy (non-hydrogen) atoms. The average molecular weight is 433 g/mol. The van der Waals surface area contributed by atoms with E-state index in [0.29, 0.717) is 28.9 Å². The van der Waals surface area contributed by atoms with Gasteiger partial charge in [-0.1, -0.05) is 34.1 Å². The van der Waals surface area contributed by atoms with Crippen LogP contribution >= 0.6 is 28.1 Å². The fourth-order valence-corrected chi connectivity index (χ4v) is 2.88. The Morgan fingerprint density at radius 1 is 1.19 bits per heavy atom. The molecular weight excluding hydrogens is 416 g/mol. The minimum absolute atomic E-state index is 0.162. The number of thiocarbonyl (C=S) groups is 1. The van der Waals surface area contributed by atoms with Crippen molar-refractivity contribution in [2.24, 2.45) is 0 Å². The zero-order valence-electron chi connectivity index (χ0n) is 14.3. The first-order valence-corrected chi connectivity index (χ1v) is 9.04. The number of carbonyl (C=O) groups is 1. The lowest BCUT2D eigenvalue weighted by Gasteiger charge is -2.11. The van der Waals surface area contributed by atoms with Gasteiger partial charge in [-0.15, -0.1) is 0 Å². The summed E-state index contributed by atoms with van der Waals surface area (Å²) in [5.74, 6) is 1.07. The van der Waals surface area contributed by atoms with Gasteiger partial charge in [0.1, 0.15) is 12.3 Å². The maximum Gasteiger partial charge on any atom is 0.276 e. The van der Waals surface area contributed by atoms with Gasteiger partial charge in [0.15, 0.2) is 16.6 Å². The molecule has 2 aromatic carbocycles. The zero-order chi connectivity index (χ0) is 18.7. The molecule has 0 atom stereocenters. The minimum atomic E-state index is -0.162. The van der Waals surface area contributed by atoms with E-state index in [1.807, 2.05) is 42.5 Å². The second kappa shape index (κ2) is 7.88. The smallest absolute Gasteiger partial charge is 0.276 e. The van der Waals surface area contributed by atoms with Crippen LogP contribution in [0.1, 0.15) is 11.1 Å². The molecule has 1 aliphatic heterocycles. The maximum atomic E-state index is 12.1. The number of hydrogen-bond donors (Lipinski definition) is 1. The molecule has 1 N–H and O–H groups in total. The van der Waals surface area contributed by atoms with Crippen LogP contribution in [0.15, 0.2) is 52.6 Å². The van der Waals surface area contributed by atoms with Crippen molar-refractivity contribution in [3.8, 4) is 11.5 Å². The Morgan fingerprint density at radius 2 is 1.92 bits per heavy atom. The fraction of sp³-hybridized carbons (Fsp3) is 0.158. The van der Waals surface area contributed by atoms with Crippen LogP contribution in [0.3, 0.4) is 0 Å². The summed E-state index contributed by atoms with van der Waals surface area (Å²) in [6.07, 6.45) is 1.74. The first-order valence-electron chi connectivity index (χ1n) is 7.84. The van der Waals surface area contributed by atoms with E-state index in [1.54, 1.807) is 20.2 Å². The van der Waals surface area contributed by atoms with Crippen molar-refractivity contribution in [1.29, 1.82) is 0 Å². The van der Waals surface area contributed by atoms with E-state index in [1.165, 1.54) is 4.90 Å². The molecule has 134 valence electrons. The largest absolute Gasteiger partial charge is 0.493 e. The van der Waals surface area contributed by atoms with Crippen LogP contribution in [0.25, 0.3) is 6.08 Å². The predicted molar refractivity (Wildman–Crippen MR) is 108 cm³/mol. The van der Waals surface area contributed by atoms with Gasteiger partial charge >= 0.3 is 0 Å². The van der Waals surface area contributed by atoms with Crippen molar-refractivity contribution in [3.63, 3.8) is 0 Å². The number of amides is 1. The highest BCUT2D eigenvalue weighted by Crippen LogP contribution is 2.30. The molecule has 7 heteroatoms. The Labute approximate surface area is 165 Å². The molecule has 0 spiro atoms. The van der Waals surface area contributed by atoms with Crippen LogP contribution in [0, 0.1) is 0 Å². The quantitative estimate of drug-likeness (QED) is 0.576. The summed E-state index contributed by atoms with van der Waals surface area (Å²) in [6, 6.07) is 13.4. The van der Waals surface area contributed by atoms with Gasteiger partial charge < -0.3 is 14.8 Å². The van der Waals surface area contributed by atoms with Gasteiger partial charge in [0.05, 0.1) is 7.11 Å². The van der Waals surface area contributed by atoms with Crippen LogP contribution in [0.4, 0.5) is 0 Å². The summed E-state index contributed by atoms with van der Waals surface area (Å²) in [5, 5.41) is 3.29. The van der Waals surface area contributed by atoms with Crippen LogP contribution in [0.2, 0.25) is 0 Å². The van der Waals surface area contributed by atoms with Crippen LogP contribution in [-0.2, 0) is 11.4 Å². The monoisotopic (exact) mass is 432 g/mol. The van der Waals surface area contributed by atoms with Gasteiger partial charge in [0.2, 0.25) is 0 Å². The normalized spacial score (nSPS) is 15.3. The third kappa shape index (κ3) is 4.05. The topological polar surface area (TPSA) is 50.8 Å². The second-order valence-electron chi connectivity index (χ2n) is 5.68. The number of benzene rings is 2. The number of likely N-dealkylation sites (N-methyl/N-ethyl adjacent to an activating group) is 1. The molecule has 0 saturated carbocycles. The number of ether oxygens (including phenoxy) is 2.